The van der Waals surface area contributed by atoms with E-state index in [-0.39, 0.29) is 12.3 Å². The van der Waals surface area contributed by atoms with Crippen LogP contribution in [0.3, 0.4) is 0 Å². The second kappa shape index (κ2) is 5.74. The largest absolute Gasteiger partial charge is 0.425 e. The summed E-state index contributed by atoms with van der Waals surface area (Å²) in [5.74, 6) is -3.52. The van der Waals surface area contributed by atoms with Crippen LogP contribution in [0.1, 0.15) is 25.8 Å². The van der Waals surface area contributed by atoms with Crippen LogP contribution < -0.4 is 21.9 Å². The Balaban J connectivity index is 2.81. The predicted molar refractivity (Wildman–Crippen MR) is 80.9 cm³/mol. The number of nitrogens with one attached hydrogen (secondary N) is 2. The molecular weight excluding hydrogens is 345 g/mol. The van der Waals surface area contributed by atoms with Gasteiger partial charge in [0.05, 0.1) is 0 Å². The van der Waals surface area contributed by atoms with E-state index in [1.54, 1.807) is 19.2 Å². The minimum atomic E-state index is -5.29. The molecule has 0 aliphatic carbocycles. The maximum atomic E-state index is 13.9. The zero-order valence-electron chi connectivity index (χ0n) is 13.9. The molecule has 1 aliphatic heterocycles. The third kappa shape index (κ3) is 2.63. The van der Waals surface area contributed by atoms with Gasteiger partial charge in [-0.1, -0.05) is 13.8 Å². The summed E-state index contributed by atoms with van der Waals surface area (Å²) in [6.07, 6.45) is -5.56. The van der Waals surface area contributed by atoms with Crippen LogP contribution in [0.4, 0.5) is 19.0 Å². The van der Waals surface area contributed by atoms with Gasteiger partial charge in [-0.3, -0.25) is 23.5 Å². The van der Waals surface area contributed by atoms with Crippen LogP contribution in [0.25, 0.3) is 0 Å². The van der Waals surface area contributed by atoms with E-state index in [1.165, 1.54) is 0 Å². The highest BCUT2D eigenvalue weighted by atomic mass is 19.4. The molecule has 0 saturated carbocycles. The van der Waals surface area contributed by atoms with E-state index in [4.69, 9.17) is 0 Å². The quantitative estimate of drug-likeness (QED) is 0.787. The first-order valence-electron chi connectivity index (χ1n) is 7.34. The van der Waals surface area contributed by atoms with E-state index in [1.807, 2.05) is 5.32 Å². The molecule has 2 N–H and O–H groups in total. The Labute approximate surface area is 139 Å². The topological polar surface area (TPSA) is 102 Å². The summed E-state index contributed by atoms with van der Waals surface area (Å²) in [4.78, 5) is 48.5. The Morgan fingerprint density at radius 3 is 2.24 bits per heavy atom. The Kier molecular flexibility index (Phi) is 4.31. The molecule has 0 fully saturated rings. The van der Waals surface area contributed by atoms with Gasteiger partial charge in [0.15, 0.2) is 0 Å². The zero-order chi connectivity index (χ0) is 19.3. The number of aromatic nitrogens is 2. The minimum absolute atomic E-state index is 0.266. The predicted octanol–water partition coefficient (Wildman–Crippen LogP) is -0.0440. The van der Waals surface area contributed by atoms with Crippen LogP contribution in [0.15, 0.2) is 9.59 Å². The van der Waals surface area contributed by atoms with Crippen LogP contribution in [-0.4, -0.2) is 27.1 Å². The summed E-state index contributed by atoms with van der Waals surface area (Å²) >= 11 is 0. The van der Waals surface area contributed by atoms with E-state index < -0.39 is 46.2 Å². The Bertz CT molecular complexity index is 869. The van der Waals surface area contributed by atoms with Gasteiger partial charge in [-0.05, 0) is 5.92 Å². The number of carbonyl (C=O) groups excluding carboxylic acids is 2. The van der Waals surface area contributed by atoms with Crippen molar-refractivity contribution in [1.82, 2.24) is 14.5 Å². The van der Waals surface area contributed by atoms with Crippen molar-refractivity contribution in [3.05, 3.63) is 26.4 Å². The Morgan fingerprint density at radius 1 is 1.20 bits per heavy atom. The average molecular weight is 362 g/mol. The fourth-order valence-corrected chi connectivity index (χ4v) is 2.73. The van der Waals surface area contributed by atoms with Gasteiger partial charge < -0.3 is 10.6 Å². The molecule has 0 bridgehead atoms. The lowest BCUT2D eigenvalue weighted by atomic mass is 9.91. The van der Waals surface area contributed by atoms with Gasteiger partial charge in [-0.25, -0.2) is 4.79 Å². The average Bonchev–Trinajstić information content (AvgIpc) is 2.76. The maximum absolute atomic E-state index is 13.9. The van der Waals surface area contributed by atoms with Gasteiger partial charge in [-0.15, -0.1) is 0 Å². The first kappa shape index (κ1) is 18.7. The van der Waals surface area contributed by atoms with Gasteiger partial charge in [0.2, 0.25) is 11.4 Å². The van der Waals surface area contributed by atoms with Gasteiger partial charge in [0, 0.05) is 20.5 Å². The molecule has 8 nitrogen and oxygen atoms in total. The lowest BCUT2D eigenvalue weighted by molar-refractivity contribution is -0.200. The molecule has 2 heterocycles. The molecule has 1 atom stereocenters. The highest BCUT2D eigenvalue weighted by molar-refractivity contribution is 6.07. The van der Waals surface area contributed by atoms with E-state index >= 15 is 0 Å². The molecule has 0 unspecified atom stereocenters. The molecule has 1 aromatic rings. The standard InChI is InChI=1S/C14H17F3N4O4/c1-6(2)5-7(22)19-13(14(15,16)17)8-9(18-11(13)24)20(3)12(25)21(4)10(8)23/h6H,5H2,1-4H3,(H,18,24)(H,19,22)/t13-/m1/s1. The van der Waals surface area contributed by atoms with Crippen molar-refractivity contribution in [1.29, 1.82) is 0 Å². The van der Waals surface area contributed by atoms with Crippen LogP contribution in [0, 0.1) is 5.92 Å². The summed E-state index contributed by atoms with van der Waals surface area (Å²) < 4.78 is 42.8. The monoisotopic (exact) mass is 362 g/mol. The number of rotatable bonds is 3. The van der Waals surface area contributed by atoms with E-state index in [0.717, 1.165) is 18.7 Å². The summed E-state index contributed by atoms with van der Waals surface area (Å²) in [7, 11) is 2.11. The summed E-state index contributed by atoms with van der Waals surface area (Å²) in [5, 5.41) is 3.59. The molecule has 138 valence electrons. The van der Waals surface area contributed by atoms with E-state index in [9.17, 15) is 32.3 Å². The molecule has 1 aromatic heterocycles. The fourth-order valence-electron chi connectivity index (χ4n) is 2.73. The summed E-state index contributed by atoms with van der Waals surface area (Å²) in [6.45, 7) is 3.23. The molecule has 0 radical (unpaired) electrons. The fraction of sp³-hybridized carbons (Fsp3) is 0.571. The van der Waals surface area contributed by atoms with Gasteiger partial charge >= 0.3 is 11.9 Å². The Morgan fingerprint density at radius 2 is 1.76 bits per heavy atom. The van der Waals surface area contributed by atoms with Gasteiger partial charge in [0.25, 0.3) is 11.5 Å². The van der Waals surface area contributed by atoms with Crippen LogP contribution >= 0.6 is 0 Å². The minimum Gasteiger partial charge on any atom is -0.330 e. The van der Waals surface area contributed by atoms with Crippen molar-refractivity contribution in [3.8, 4) is 0 Å². The second-order valence-corrected chi connectivity index (χ2v) is 6.28. The first-order valence-corrected chi connectivity index (χ1v) is 7.34. The van der Waals surface area contributed by atoms with E-state index in [0.29, 0.717) is 4.57 Å². The SMILES string of the molecule is CC(C)CC(=O)N[C@@]1(C(F)(F)F)C(=O)Nc2c1c(=O)n(C)c(=O)n2C. The molecule has 0 spiro atoms. The maximum Gasteiger partial charge on any atom is 0.425 e. The zero-order valence-corrected chi connectivity index (χ0v) is 13.9. The van der Waals surface area contributed by atoms with E-state index in [2.05, 4.69) is 0 Å². The number of halogens is 3. The smallest absolute Gasteiger partial charge is 0.330 e. The number of fused-ring (bicyclic) bond motifs is 1. The van der Waals surface area contributed by atoms with Crippen LogP contribution in [0.2, 0.25) is 0 Å². The third-order valence-corrected chi connectivity index (χ3v) is 3.96. The summed E-state index contributed by atoms with van der Waals surface area (Å²) in [5.41, 5.74) is -6.78. The number of amides is 2. The molecule has 25 heavy (non-hydrogen) atoms. The van der Waals surface area contributed by atoms with Crippen molar-refractivity contribution in [2.45, 2.75) is 32.0 Å². The number of anilines is 1. The number of hydrogen-bond donors (Lipinski definition) is 2. The van der Waals surface area contributed by atoms with Gasteiger partial charge in [-0.2, -0.15) is 13.2 Å². The molecule has 11 heteroatoms. The van der Waals surface area contributed by atoms with Crippen molar-refractivity contribution in [2.75, 3.05) is 5.32 Å². The normalized spacial score (nSPS) is 19.8. The lowest BCUT2D eigenvalue weighted by Gasteiger charge is -2.30. The molecular formula is C14H17F3N4O4. The van der Waals surface area contributed by atoms with Crippen LogP contribution in [0.5, 0.6) is 0 Å². The van der Waals surface area contributed by atoms with Crippen LogP contribution in [-0.2, 0) is 29.2 Å². The summed E-state index contributed by atoms with van der Waals surface area (Å²) in [6, 6.07) is 0. The van der Waals surface area contributed by atoms with Crippen molar-refractivity contribution >= 4 is 17.6 Å². The molecule has 0 saturated heterocycles. The highest BCUT2D eigenvalue weighted by Crippen LogP contribution is 2.44. The molecule has 2 rings (SSSR count). The highest BCUT2D eigenvalue weighted by Gasteiger charge is 2.68. The number of hydrogen-bond acceptors (Lipinski definition) is 4. The molecule has 0 aromatic carbocycles. The van der Waals surface area contributed by atoms with Crippen molar-refractivity contribution < 1.29 is 22.8 Å². The molecule has 2 amide bonds. The van der Waals surface area contributed by atoms with Crippen molar-refractivity contribution in [2.24, 2.45) is 20.0 Å². The third-order valence-electron chi connectivity index (χ3n) is 3.96. The lowest BCUT2D eigenvalue weighted by Crippen LogP contribution is -2.62. The molecule has 1 aliphatic rings. The number of nitrogens with zero attached hydrogens (tertiary/aromatic N) is 2. The number of alkyl halides is 3. The second-order valence-electron chi connectivity index (χ2n) is 6.28. The first-order chi connectivity index (χ1) is 11.3. The van der Waals surface area contributed by atoms with Crippen molar-refractivity contribution in [3.63, 3.8) is 0 Å². The Hall–Kier alpha value is -2.59. The van der Waals surface area contributed by atoms with Gasteiger partial charge in [0.1, 0.15) is 11.4 Å². The number of carbonyl (C=O) groups is 2.